The van der Waals surface area contributed by atoms with Crippen molar-refractivity contribution in [1.29, 1.82) is 0 Å². The molecular weight excluding hydrogens is 360 g/mol. The van der Waals surface area contributed by atoms with E-state index in [1.807, 2.05) is 24.3 Å². The molecule has 0 aliphatic heterocycles. The van der Waals surface area contributed by atoms with Gasteiger partial charge in [0.25, 0.3) is 5.91 Å². The quantitative estimate of drug-likeness (QED) is 0.731. The average molecular weight is 371 g/mol. The number of para-hydroxylation sites is 1. The van der Waals surface area contributed by atoms with Crippen LogP contribution < -0.4 is 5.32 Å². The van der Waals surface area contributed by atoms with E-state index in [0.29, 0.717) is 9.99 Å². The number of halogens is 1. The molecule has 6 heteroatoms. The van der Waals surface area contributed by atoms with Gasteiger partial charge in [-0.3, -0.25) is 4.79 Å². The lowest BCUT2D eigenvalue weighted by molar-refractivity contribution is 0.0698. The van der Waals surface area contributed by atoms with E-state index in [2.05, 4.69) is 26.2 Å². The molecule has 114 valence electrons. The molecule has 1 aromatic heterocycles. The SMILES string of the molecule is O=C(Nc1ccc(Br)cc1C(=O)O)c1ccc2ccccc2n1. The summed E-state index contributed by atoms with van der Waals surface area (Å²) in [6.07, 6.45) is 0. The number of hydrogen-bond donors (Lipinski definition) is 2. The van der Waals surface area contributed by atoms with Crippen molar-refractivity contribution in [2.75, 3.05) is 5.32 Å². The van der Waals surface area contributed by atoms with Gasteiger partial charge in [0.05, 0.1) is 16.8 Å². The van der Waals surface area contributed by atoms with Gasteiger partial charge in [0.15, 0.2) is 0 Å². The Kier molecular flexibility index (Phi) is 4.08. The van der Waals surface area contributed by atoms with Crippen molar-refractivity contribution in [3.05, 3.63) is 70.3 Å². The van der Waals surface area contributed by atoms with Crippen LogP contribution in [0, 0.1) is 0 Å². The summed E-state index contributed by atoms with van der Waals surface area (Å²) in [5.41, 5.74) is 1.16. The van der Waals surface area contributed by atoms with Gasteiger partial charge in [-0.2, -0.15) is 0 Å². The minimum atomic E-state index is -1.12. The van der Waals surface area contributed by atoms with Gasteiger partial charge in [0.1, 0.15) is 5.69 Å². The molecular formula is C17H11BrN2O3. The number of pyridine rings is 1. The maximum atomic E-state index is 12.3. The Morgan fingerprint density at radius 3 is 2.61 bits per heavy atom. The summed E-state index contributed by atoms with van der Waals surface area (Å²) in [4.78, 5) is 27.9. The molecule has 0 bridgehead atoms. The van der Waals surface area contributed by atoms with E-state index in [-0.39, 0.29) is 16.9 Å². The summed E-state index contributed by atoms with van der Waals surface area (Å²) in [6.45, 7) is 0. The van der Waals surface area contributed by atoms with Crippen molar-refractivity contribution in [1.82, 2.24) is 4.98 Å². The smallest absolute Gasteiger partial charge is 0.337 e. The molecule has 0 saturated heterocycles. The number of anilines is 1. The first-order valence-electron chi connectivity index (χ1n) is 6.74. The molecule has 0 aliphatic carbocycles. The van der Waals surface area contributed by atoms with Gasteiger partial charge in [0.2, 0.25) is 0 Å². The summed E-state index contributed by atoms with van der Waals surface area (Å²) in [7, 11) is 0. The maximum Gasteiger partial charge on any atom is 0.337 e. The molecule has 5 nitrogen and oxygen atoms in total. The monoisotopic (exact) mass is 370 g/mol. The van der Waals surface area contributed by atoms with Gasteiger partial charge in [-0.05, 0) is 30.3 Å². The predicted octanol–water partition coefficient (Wildman–Crippen LogP) is 3.95. The topological polar surface area (TPSA) is 79.3 Å². The summed E-state index contributed by atoms with van der Waals surface area (Å²) in [5, 5.41) is 12.8. The average Bonchev–Trinajstić information content (AvgIpc) is 2.55. The van der Waals surface area contributed by atoms with Gasteiger partial charge < -0.3 is 10.4 Å². The highest BCUT2D eigenvalue weighted by atomic mass is 79.9. The van der Waals surface area contributed by atoms with Crippen molar-refractivity contribution in [2.24, 2.45) is 0 Å². The van der Waals surface area contributed by atoms with Gasteiger partial charge in [-0.15, -0.1) is 0 Å². The first kappa shape index (κ1) is 15.2. The van der Waals surface area contributed by atoms with Gasteiger partial charge in [-0.1, -0.05) is 40.2 Å². The van der Waals surface area contributed by atoms with Crippen molar-refractivity contribution >= 4 is 44.4 Å². The number of carboxylic acid groups (broad SMARTS) is 1. The largest absolute Gasteiger partial charge is 0.478 e. The van der Waals surface area contributed by atoms with E-state index >= 15 is 0 Å². The Hall–Kier alpha value is -2.73. The zero-order chi connectivity index (χ0) is 16.4. The number of nitrogens with zero attached hydrogens (tertiary/aromatic N) is 1. The number of benzene rings is 2. The third kappa shape index (κ3) is 3.22. The van der Waals surface area contributed by atoms with E-state index in [9.17, 15) is 14.7 Å². The lowest BCUT2D eigenvalue weighted by Gasteiger charge is -2.09. The lowest BCUT2D eigenvalue weighted by Crippen LogP contribution is -2.16. The number of hydrogen-bond acceptors (Lipinski definition) is 3. The van der Waals surface area contributed by atoms with Crippen LogP contribution in [0.3, 0.4) is 0 Å². The zero-order valence-electron chi connectivity index (χ0n) is 11.8. The van der Waals surface area contributed by atoms with Gasteiger partial charge in [-0.25, -0.2) is 9.78 Å². The van der Waals surface area contributed by atoms with Gasteiger partial charge >= 0.3 is 5.97 Å². The van der Waals surface area contributed by atoms with Crippen molar-refractivity contribution in [3.8, 4) is 0 Å². The minimum absolute atomic E-state index is 0.00788. The van der Waals surface area contributed by atoms with Gasteiger partial charge in [0, 0.05) is 9.86 Å². The van der Waals surface area contributed by atoms with Crippen molar-refractivity contribution in [3.63, 3.8) is 0 Å². The highest BCUT2D eigenvalue weighted by molar-refractivity contribution is 9.10. The number of nitrogens with one attached hydrogen (secondary N) is 1. The summed E-state index contributed by atoms with van der Waals surface area (Å²) >= 11 is 3.21. The fourth-order valence-corrected chi connectivity index (χ4v) is 2.54. The number of amides is 1. The minimum Gasteiger partial charge on any atom is -0.478 e. The number of fused-ring (bicyclic) bond motifs is 1. The number of aromatic carboxylic acids is 1. The molecule has 0 spiro atoms. The highest BCUT2D eigenvalue weighted by Gasteiger charge is 2.15. The third-order valence-corrected chi connectivity index (χ3v) is 3.78. The second kappa shape index (κ2) is 6.18. The van der Waals surface area contributed by atoms with Crippen LogP contribution in [0.1, 0.15) is 20.8 Å². The maximum absolute atomic E-state index is 12.3. The fourth-order valence-electron chi connectivity index (χ4n) is 2.18. The van der Waals surface area contributed by atoms with E-state index in [0.717, 1.165) is 5.39 Å². The molecule has 23 heavy (non-hydrogen) atoms. The van der Waals surface area contributed by atoms with E-state index in [4.69, 9.17) is 0 Å². The Bertz CT molecular complexity index is 925. The zero-order valence-corrected chi connectivity index (χ0v) is 13.4. The third-order valence-electron chi connectivity index (χ3n) is 3.29. The van der Waals surface area contributed by atoms with Crippen molar-refractivity contribution in [2.45, 2.75) is 0 Å². The number of carboxylic acids is 1. The second-order valence-corrected chi connectivity index (χ2v) is 5.75. The summed E-state index contributed by atoms with van der Waals surface area (Å²) in [5.74, 6) is -1.58. The lowest BCUT2D eigenvalue weighted by atomic mass is 10.1. The first-order valence-corrected chi connectivity index (χ1v) is 7.54. The standard InChI is InChI=1S/C17H11BrN2O3/c18-11-6-8-14(12(9-11)17(22)23)20-16(21)15-7-5-10-3-1-2-4-13(10)19-15/h1-9H,(H,20,21)(H,22,23). The molecule has 1 heterocycles. The Labute approximate surface area is 140 Å². The van der Waals surface area contributed by atoms with E-state index in [1.165, 1.54) is 12.1 Å². The van der Waals surface area contributed by atoms with Crippen LogP contribution in [-0.4, -0.2) is 22.0 Å². The van der Waals surface area contributed by atoms with Crippen LogP contribution in [0.5, 0.6) is 0 Å². The Morgan fingerprint density at radius 1 is 1.04 bits per heavy atom. The number of carbonyl (C=O) groups excluding carboxylic acids is 1. The van der Waals surface area contributed by atoms with Crippen molar-refractivity contribution < 1.29 is 14.7 Å². The molecule has 0 radical (unpaired) electrons. The number of aromatic nitrogens is 1. The van der Waals surface area contributed by atoms with E-state index < -0.39 is 11.9 Å². The Balaban J connectivity index is 1.93. The summed E-state index contributed by atoms with van der Waals surface area (Å²) in [6, 6.07) is 15.5. The molecule has 0 atom stereocenters. The van der Waals surface area contributed by atoms with Crippen LogP contribution >= 0.6 is 15.9 Å². The number of rotatable bonds is 3. The molecule has 0 unspecified atom stereocenters. The number of carbonyl (C=O) groups is 2. The molecule has 3 rings (SSSR count). The van der Waals surface area contributed by atoms with Crippen LogP contribution in [0.25, 0.3) is 10.9 Å². The Morgan fingerprint density at radius 2 is 1.83 bits per heavy atom. The predicted molar refractivity (Wildman–Crippen MR) is 90.8 cm³/mol. The summed E-state index contributed by atoms with van der Waals surface area (Å²) < 4.78 is 0.622. The van der Waals surface area contributed by atoms with Crippen LogP contribution in [0.4, 0.5) is 5.69 Å². The molecule has 2 aromatic carbocycles. The molecule has 0 saturated carbocycles. The molecule has 0 aliphatic rings. The first-order chi connectivity index (χ1) is 11.0. The van der Waals surface area contributed by atoms with Crippen LogP contribution in [0.2, 0.25) is 0 Å². The second-order valence-electron chi connectivity index (χ2n) is 4.84. The van der Waals surface area contributed by atoms with E-state index in [1.54, 1.807) is 18.2 Å². The molecule has 0 fully saturated rings. The molecule has 1 amide bonds. The highest BCUT2D eigenvalue weighted by Crippen LogP contribution is 2.22. The normalized spacial score (nSPS) is 10.5. The van der Waals surface area contributed by atoms with Crippen LogP contribution in [0.15, 0.2) is 59.1 Å². The molecule has 3 aromatic rings. The fraction of sp³-hybridized carbons (Fsp3) is 0. The molecule has 2 N–H and O–H groups in total. The van der Waals surface area contributed by atoms with Crippen LogP contribution in [-0.2, 0) is 0 Å².